The van der Waals surface area contributed by atoms with Crippen molar-refractivity contribution in [2.45, 2.75) is 18.9 Å². The second-order valence-electron chi connectivity index (χ2n) is 8.39. The number of carbonyl (C=O) groups excluding carboxylic acids is 2. The van der Waals surface area contributed by atoms with E-state index in [-0.39, 0.29) is 43.2 Å². The number of nitrogens with zero attached hydrogens (tertiary/aromatic N) is 2. The number of hydrogen-bond acceptors (Lipinski definition) is 5. The van der Waals surface area contributed by atoms with E-state index < -0.39 is 0 Å². The van der Waals surface area contributed by atoms with Gasteiger partial charge in [-0.1, -0.05) is 30.3 Å². The van der Waals surface area contributed by atoms with Gasteiger partial charge in [0.1, 0.15) is 18.2 Å². The van der Waals surface area contributed by atoms with Gasteiger partial charge in [-0.2, -0.15) is 0 Å². The van der Waals surface area contributed by atoms with E-state index in [1.807, 2.05) is 41.8 Å². The van der Waals surface area contributed by atoms with Gasteiger partial charge in [0.15, 0.2) is 0 Å². The second-order valence-corrected chi connectivity index (χ2v) is 9.39. The Morgan fingerprint density at radius 1 is 1.11 bits per heavy atom. The zero-order chi connectivity index (χ0) is 24.6. The summed E-state index contributed by atoms with van der Waals surface area (Å²) in [5.74, 6) is -0.0369. The molecule has 6 nitrogen and oxygen atoms in total. The largest absolute Gasteiger partial charge is 0.491 e. The molecular weight excluding hydrogens is 467 g/mol. The monoisotopic (exact) mass is 496 g/mol. The first-order valence-electron chi connectivity index (χ1n) is 11.6. The summed E-state index contributed by atoms with van der Waals surface area (Å²) in [6, 6.07) is 17.1. The van der Waals surface area contributed by atoms with Crippen LogP contribution in [0.4, 0.5) is 4.39 Å². The zero-order valence-corrected chi connectivity index (χ0v) is 20.5. The number of fused-ring (bicyclic) bond motifs is 1. The number of hydrogen-bond donors (Lipinski definition) is 0. The molecule has 0 bridgehead atoms. The molecule has 2 aromatic carbocycles. The molecule has 0 unspecified atom stereocenters. The third-order valence-electron chi connectivity index (χ3n) is 6.08. The Labute approximate surface area is 208 Å². The molecule has 0 radical (unpaired) electrons. The summed E-state index contributed by atoms with van der Waals surface area (Å²) in [7, 11) is 1.58. The molecule has 0 spiro atoms. The molecule has 1 aliphatic heterocycles. The summed E-state index contributed by atoms with van der Waals surface area (Å²) in [6.45, 7) is 1.45. The summed E-state index contributed by atoms with van der Waals surface area (Å²) in [4.78, 5) is 31.2. The number of benzene rings is 2. The van der Waals surface area contributed by atoms with Gasteiger partial charge < -0.3 is 19.3 Å². The number of thiophene rings is 1. The third kappa shape index (κ3) is 6.46. The van der Waals surface area contributed by atoms with E-state index in [4.69, 9.17) is 9.47 Å². The number of carbonyl (C=O) groups is 2. The number of methoxy groups -OCH3 is 1. The molecule has 1 aliphatic rings. The fourth-order valence-corrected chi connectivity index (χ4v) is 5.14. The van der Waals surface area contributed by atoms with Crippen LogP contribution in [0, 0.1) is 5.82 Å². The van der Waals surface area contributed by atoms with Gasteiger partial charge >= 0.3 is 0 Å². The number of halogens is 1. The minimum Gasteiger partial charge on any atom is -0.491 e. The van der Waals surface area contributed by atoms with Gasteiger partial charge in [-0.15, -0.1) is 11.3 Å². The molecule has 0 N–H and O–H groups in total. The molecule has 0 aliphatic carbocycles. The Balaban J connectivity index is 1.48. The van der Waals surface area contributed by atoms with Crippen molar-refractivity contribution in [2.24, 2.45) is 0 Å². The van der Waals surface area contributed by atoms with Crippen LogP contribution in [0.1, 0.15) is 22.0 Å². The standard InChI is InChI=1S/C27H29FN2O4S/c1-33-15-14-29(26(31)17-20-5-3-2-4-6-20)18-27(32)30-13-11-25-23(12-16-35-25)24(30)19-34-22-9-7-21(28)8-10-22/h2-10,12,16,24H,11,13-15,17-19H2,1H3/t24-/m1/s1. The lowest BCUT2D eigenvalue weighted by atomic mass is 10.0. The molecule has 184 valence electrons. The maximum absolute atomic E-state index is 13.5. The van der Waals surface area contributed by atoms with Crippen molar-refractivity contribution in [3.8, 4) is 5.75 Å². The summed E-state index contributed by atoms with van der Waals surface area (Å²) < 4.78 is 24.4. The van der Waals surface area contributed by atoms with Gasteiger partial charge in [0.25, 0.3) is 0 Å². The van der Waals surface area contributed by atoms with Crippen LogP contribution in [0.2, 0.25) is 0 Å². The average molecular weight is 497 g/mol. The first-order chi connectivity index (χ1) is 17.0. The van der Waals surface area contributed by atoms with Gasteiger partial charge in [-0.25, -0.2) is 4.39 Å². The van der Waals surface area contributed by atoms with Crippen LogP contribution in [-0.4, -0.2) is 61.6 Å². The lowest BCUT2D eigenvalue weighted by molar-refractivity contribution is -0.142. The molecule has 1 aromatic heterocycles. The van der Waals surface area contributed by atoms with Crippen molar-refractivity contribution < 1.29 is 23.5 Å². The van der Waals surface area contributed by atoms with Crippen LogP contribution in [-0.2, 0) is 27.2 Å². The summed E-state index contributed by atoms with van der Waals surface area (Å²) in [5, 5.41) is 2.03. The first kappa shape index (κ1) is 24.9. The Morgan fingerprint density at radius 2 is 1.89 bits per heavy atom. The van der Waals surface area contributed by atoms with Crippen molar-refractivity contribution in [2.75, 3.05) is 40.0 Å². The highest BCUT2D eigenvalue weighted by Gasteiger charge is 2.33. The summed E-state index contributed by atoms with van der Waals surface area (Å²) in [6.07, 6.45) is 0.992. The van der Waals surface area contributed by atoms with E-state index in [2.05, 4.69) is 0 Å². The normalized spacial score (nSPS) is 14.9. The van der Waals surface area contributed by atoms with Crippen LogP contribution < -0.4 is 4.74 Å². The molecule has 4 rings (SSSR count). The molecule has 8 heteroatoms. The van der Waals surface area contributed by atoms with E-state index >= 15 is 0 Å². The Hall–Kier alpha value is -3.23. The van der Waals surface area contributed by atoms with E-state index in [9.17, 15) is 14.0 Å². The van der Waals surface area contributed by atoms with Crippen LogP contribution >= 0.6 is 11.3 Å². The molecule has 2 amide bonds. The van der Waals surface area contributed by atoms with Crippen molar-refractivity contribution in [3.63, 3.8) is 0 Å². The summed E-state index contributed by atoms with van der Waals surface area (Å²) >= 11 is 1.67. The SMILES string of the molecule is COCCN(CC(=O)N1CCc2sccc2[C@H]1COc1ccc(F)cc1)C(=O)Cc1ccccc1. The molecular formula is C27H29FN2O4S. The van der Waals surface area contributed by atoms with Crippen LogP contribution in [0.5, 0.6) is 5.75 Å². The Bertz CT molecular complexity index is 1120. The quantitative estimate of drug-likeness (QED) is 0.424. The predicted octanol–water partition coefficient (Wildman–Crippen LogP) is 4.11. The van der Waals surface area contributed by atoms with Crippen molar-refractivity contribution in [1.82, 2.24) is 9.80 Å². The van der Waals surface area contributed by atoms with Crippen LogP contribution in [0.15, 0.2) is 66.0 Å². The molecule has 2 heterocycles. The number of amides is 2. The van der Waals surface area contributed by atoms with E-state index in [1.54, 1.807) is 40.4 Å². The maximum Gasteiger partial charge on any atom is 0.242 e. The average Bonchev–Trinajstić information content (AvgIpc) is 3.35. The van der Waals surface area contributed by atoms with E-state index in [1.165, 1.54) is 17.0 Å². The molecule has 0 saturated carbocycles. The first-order valence-corrected chi connectivity index (χ1v) is 12.5. The van der Waals surface area contributed by atoms with Gasteiger partial charge in [-0.3, -0.25) is 9.59 Å². The van der Waals surface area contributed by atoms with Gasteiger partial charge in [0.2, 0.25) is 11.8 Å². The van der Waals surface area contributed by atoms with E-state index in [0.717, 1.165) is 17.5 Å². The Morgan fingerprint density at radius 3 is 2.63 bits per heavy atom. The van der Waals surface area contributed by atoms with Gasteiger partial charge in [0.05, 0.1) is 25.6 Å². The van der Waals surface area contributed by atoms with Crippen LogP contribution in [0.3, 0.4) is 0 Å². The number of ether oxygens (including phenoxy) is 2. The topological polar surface area (TPSA) is 59.1 Å². The highest BCUT2D eigenvalue weighted by Crippen LogP contribution is 2.34. The molecule has 0 saturated heterocycles. The Kier molecular flexibility index (Phi) is 8.50. The van der Waals surface area contributed by atoms with Crippen molar-refractivity contribution >= 4 is 23.2 Å². The van der Waals surface area contributed by atoms with E-state index in [0.29, 0.717) is 25.4 Å². The predicted molar refractivity (Wildman–Crippen MR) is 133 cm³/mol. The zero-order valence-electron chi connectivity index (χ0n) is 19.7. The smallest absolute Gasteiger partial charge is 0.242 e. The fourth-order valence-electron chi connectivity index (χ4n) is 4.21. The van der Waals surface area contributed by atoms with Gasteiger partial charge in [0, 0.05) is 25.1 Å². The lowest BCUT2D eigenvalue weighted by Crippen LogP contribution is -2.48. The lowest BCUT2D eigenvalue weighted by Gasteiger charge is -2.37. The fraction of sp³-hybridized carbons (Fsp3) is 0.333. The summed E-state index contributed by atoms with van der Waals surface area (Å²) in [5.41, 5.74) is 1.97. The molecule has 35 heavy (non-hydrogen) atoms. The van der Waals surface area contributed by atoms with Crippen LogP contribution in [0.25, 0.3) is 0 Å². The third-order valence-corrected chi connectivity index (χ3v) is 7.08. The molecule has 0 fully saturated rings. The molecule has 1 atom stereocenters. The maximum atomic E-state index is 13.5. The highest BCUT2D eigenvalue weighted by atomic mass is 32.1. The minimum atomic E-state index is -0.330. The van der Waals surface area contributed by atoms with Crippen molar-refractivity contribution in [3.05, 3.63) is 87.9 Å². The number of rotatable bonds is 10. The highest BCUT2D eigenvalue weighted by molar-refractivity contribution is 7.10. The molecule has 3 aromatic rings. The van der Waals surface area contributed by atoms with Crippen molar-refractivity contribution in [1.29, 1.82) is 0 Å². The minimum absolute atomic E-state index is 0.0262. The van der Waals surface area contributed by atoms with Gasteiger partial charge in [-0.05, 0) is 53.3 Å². The second kappa shape index (κ2) is 12.0.